The van der Waals surface area contributed by atoms with Crippen molar-refractivity contribution < 1.29 is 14.8 Å². The quantitative estimate of drug-likeness (QED) is 0.241. The maximum Gasteiger partial charge on any atom is 0.283 e. The number of nitro groups is 1. The minimum absolute atomic E-state index is 0.0966. The average molecular weight is 397 g/mol. The lowest BCUT2D eigenvalue weighted by atomic mass is 10.1. The van der Waals surface area contributed by atoms with Gasteiger partial charge < -0.3 is 10.4 Å². The molecule has 0 atom stereocenters. The van der Waals surface area contributed by atoms with Crippen molar-refractivity contribution >= 4 is 35.1 Å². The number of amides is 1. The molecule has 0 bridgehead atoms. The highest BCUT2D eigenvalue weighted by Gasteiger charge is 2.16. The van der Waals surface area contributed by atoms with E-state index in [2.05, 4.69) is 5.32 Å². The third kappa shape index (κ3) is 5.19. The summed E-state index contributed by atoms with van der Waals surface area (Å²) < 4.78 is 0. The lowest BCUT2D eigenvalue weighted by Crippen LogP contribution is -2.14. The van der Waals surface area contributed by atoms with Crippen LogP contribution in [0, 0.1) is 35.3 Å². The first-order valence-electron chi connectivity index (χ1n) is 8.38. The number of benzene rings is 2. The Balaban J connectivity index is 2.31. The number of nitro benzene ring substituents is 1. The number of carbonyl (C=O) groups is 1. The van der Waals surface area contributed by atoms with Gasteiger partial charge in [0.2, 0.25) is 0 Å². The van der Waals surface area contributed by atoms with E-state index >= 15 is 0 Å². The minimum Gasteiger partial charge on any atom is -0.396 e. The van der Waals surface area contributed by atoms with E-state index in [1.807, 2.05) is 26.0 Å². The van der Waals surface area contributed by atoms with Gasteiger partial charge in [0.05, 0.1) is 16.4 Å². The van der Waals surface area contributed by atoms with Gasteiger partial charge in [-0.1, -0.05) is 18.2 Å². The van der Waals surface area contributed by atoms with Crippen LogP contribution in [0.5, 0.6) is 0 Å². The van der Waals surface area contributed by atoms with Gasteiger partial charge in [-0.2, -0.15) is 5.26 Å². The van der Waals surface area contributed by atoms with Gasteiger partial charge in [0, 0.05) is 17.5 Å². The Morgan fingerprint density at radius 3 is 2.75 bits per heavy atom. The highest BCUT2D eigenvalue weighted by atomic mass is 32.2. The van der Waals surface area contributed by atoms with Crippen LogP contribution >= 0.6 is 11.8 Å². The number of nitrogens with one attached hydrogen (secondary N) is 1. The molecular weight excluding hydrogens is 378 g/mol. The Morgan fingerprint density at radius 2 is 2.11 bits per heavy atom. The van der Waals surface area contributed by atoms with Crippen LogP contribution in [0.4, 0.5) is 11.4 Å². The van der Waals surface area contributed by atoms with Crippen molar-refractivity contribution in [2.24, 2.45) is 0 Å². The summed E-state index contributed by atoms with van der Waals surface area (Å²) in [5.74, 6) is -0.254. The Kier molecular flexibility index (Phi) is 7.32. The number of nitrogens with zero attached hydrogens (tertiary/aromatic N) is 2. The second-order valence-electron chi connectivity index (χ2n) is 5.93. The van der Waals surface area contributed by atoms with Gasteiger partial charge >= 0.3 is 0 Å². The number of aliphatic hydroxyl groups excluding tert-OH is 1. The molecule has 7 nitrogen and oxygen atoms in total. The van der Waals surface area contributed by atoms with E-state index in [0.717, 1.165) is 22.9 Å². The highest BCUT2D eigenvalue weighted by Crippen LogP contribution is 2.30. The molecule has 0 heterocycles. The molecular formula is C20H19N3O4S. The van der Waals surface area contributed by atoms with E-state index in [1.165, 1.54) is 12.1 Å². The summed E-state index contributed by atoms with van der Waals surface area (Å²) >= 11 is 1.16. The summed E-state index contributed by atoms with van der Waals surface area (Å²) in [6.45, 7) is 3.69. The Labute approximate surface area is 166 Å². The SMILES string of the molecule is Cc1cccc(NC(=O)/C(C#N)=C/c2ccc(SCCO)c([N+](=O)[O-])c2)c1C. The molecule has 2 rings (SSSR count). The molecule has 28 heavy (non-hydrogen) atoms. The number of aliphatic hydroxyl groups is 1. The minimum atomic E-state index is -0.586. The zero-order valence-corrected chi connectivity index (χ0v) is 16.2. The van der Waals surface area contributed by atoms with Gasteiger partial charge in [-0.25, -0.2) is 0 Å². The Bertz CT molecular complexity index is 980. The maximum atomic E-state index is 12.5. The van der Waals surface area contributed by atoms with Gasteiger partial charge in [0.1, 0.15) is 11.6 Å². The van der Waals surface area contributed by atoms with Crippen LogP contribution in [0.2, 0.25) is 0 Å². The maximum absolute atomic E-state index is 12.5. The lowest BCUT2D eigenvalue weighted by molar-refractivity contribution is -0.387. The molecule has 0 aliphatic heterocycles. The number of aryl methyl sites for hydroxylation is 1. The van der Waals surface area contributed by atoms with Crippen molar-refractivity contribution in [2.45, 2.75) is 18.7 Å². The molecule has 0 spiro atoms. The molecule has 0 radical (unpaired) electrons. The van der Waals surface area contributed by atoms with E-state index < -0.39 is 10.8 Å². The van der Waals surface area contributed by atoms with Crippen molar-refractivity contribution in [2.75, 3.05) is 17.7 Å². The summed E-state index contributed by atoms with van der Waals surface area (Å²) in [5.41, 5.74) is 2.58. The number of carbonyl (C=O) groups excluding carboxylic acids is 1. The third-order valence-electron chi connectivity index (χ3n) is 4.06. The van der Waals surface area contributed by atoms with Crippen molar-refractivity contribution in [3.05, 3.63) is 68.8 Å². The van der Waals surface area contributed by atoms with Crippen LogP contribution in [0.1, 0.15) is 16.7 Å². The summed E-state index contributed by atoms with van der Waals surface area (Å²) in [7, 11) is 0. The molecule has 0 saturated heterocycles. The lowest BCUT2D eigenvalue weighted by Gasteiger charge is -2.10. The topological polar surface area (TPSA) is 116 Å². The molecule has 0 saturated carbocycles. The first kappa shape index (κ1) is 21.2. The number of hydrogen-bond donors (Lipinski definition) is 2. The predicted molar refractivity (Wildman–Crippen MR) is 109 cm³/mol. The summed E-state index contributed by atoms with van der Waals surface area (Å²) in [6, 6.07) is 11.8. The molecule has 0 fully saturated rings. The second kappa shape index (κ2) is 9.69. The molecule has 1 amide bonds. The van der Waals surface area contributed by atoms with Gasteiger partial charge in [-0.3, -0.25) is 14.9 Å². The molecule has 0 aliphatic rings. The fraction of sp³-hybridized carbons (Fsp3) is 0.200. The number of nitriles is 1. The Hall–Kier alpha value is -3.15. The van der Waals surface area contributed by atoms with E-state index in [0.29, 0.717) is 21.9 Å². The van der Waals surface area contributed by atoms with E-state index in [9.17, 15) is 20.2 Å². The molecule has 2 aromatic carbocycles. The van der Waals surface area contributed by atoms with Crippen molar-refractivity contribution in [3.8, 4) is 6.07 Å². The van der Waals surface area contributed by atoms with Crippen LogP contribution in [-0.4, -0.2) is 28.3 Å². The molecule has 144 valence electrons. The predicted octanol–water partition coefficient (Wildman–Crippen LogP) is 3.84. The van der Waals surface area contributed by atoms with E-state index in [4.69, 9.17) is 5.11 Å². The molecule has 2 aromatic rings. The molecule has 0 aromatic heterocycles. The standard InChI is InChI=1S/C20H19N3O4S/c1-13-4-3-5-17(14(13)2)22-20(25)16(12-21)10-15-6-7-19(28-9-8-24)18(11-15)23(26)27/h3-7,10-11,24H,8-9H2,1-2H3,(H,22,25)/b16-10+. The summed E-state index contributed by atoms with van der Waals surface area (Å²) in [6.07, 6.45) is 1.31. The van der Waals surface area contributed by atoms with Crippen molar-refractivity contribution in [1.29, 1.82) is 5.26 Å². The smallest absolute Gasteiger partial charge is 0.283 e. The second-order valence-corrected chi connectivity index (χ2v) is 7.06. The summed E-state index contributed by atoms with van der Waals surface area (Å²) in [4.78, 5) is 23.7. The van der Waals surface area contributed by atoms with Crippen LogP contribution in [-0.2, 0) is 4.79 Å². The van der Waals surface area contributed by atoms with Crippen LogP contribution in [0.15, 0.2) is 46.9 Å². The van der Waals surface area contributed by atoms with Gasteiger partial charge in [0.25, 0.3) is 11.6 Å². The van der Waals surface area contributed by atoms with Gasteiger partial charge in [-0.15, -0.1) is 11.8 Å². The molecule has 0 aliphatic carbocycles. The molecule has 2 N–H and O–H groups in total. The van der Waals surface area contributed by atoms with Crippen LogP contribution in [0.3, 0.4) is 0 Å². The van der Waals surface area contributed by atoms with E-state index in [1.54, 1.807) is 24.3 Å². The first-order chi connectivity index (χ1) is 13.4. The van der Waals surface area contributed by atoms with Crippen molar-refractivity contribution in [3.63, 3.8) is 0 Å². The largest absolute Gasteiger partial charge is 0.396 e. The van der Waals surface area contributed by atoms with Crippen LogP contribution in [0.25, 0.3) is 6.08 Å². The fourth-order valence-electron chi connectivity index (χ4n) is 2.44. The van der Waals surface area contributed by atoms with Gasteiger partial charge in [-0.05, 0) is 48.7 Å². The number of hydrogen-bond acceptors (Lipinski definition) is 6. The fourth-order valence-corrected chi connectivity index (χ4v) is 3.19. The van der Waals surface area contributed by atoms with E-state index in [-0.39, 0.29) is 17.9 Å². The Morgan fingerprint density at radius 1 is 1.36 bits per heavy atom. The first-order valence-corrected chi connectivity index (χ1v) is 9.37. The molecule has 8 heteroatoms. The number of rotatable bonds is 7. The zero-order valence-electron chi connectivity index (χ0n) is 15.4. The normalized spacial score (nSPS) is 11.0. The zero-order chi connectivity index (χ0) is 20.7. The number of thioether (sulfide) groups is 1. The highest BCUT2D eigenvalue weighted by molar-refractivity contribution is 7.99. The molecule has 0 unspecified atom stereocenters. The monoisotopic (exact) mass is 397 g/mol. The number of anilines is 1. The van der Waals surface area contributed by atoms with Crippen LogP contribution < -0.4 is 5.32 Å². The third-order valence-corrected chi connectivity index (χ3v) is 5.10. The van der Waals surface area contributed by atoms with Gasteiger partial charge in [0.15, 0.2) is 0 Å². The average Bonchev–Trinajstić information content (AvgIpc) is 2.68. The van der Waals surface area contributed by atoms with Crippen molar-refractivity contribution in [1.82, 2.24) is 0 Å². The summed E-state index contributed by atoms with van der Waals surface area (Å²) in [5, 5.41) is 32.3.